The molecule has 1 amide bonds. The zero-order valence-electron chi connectivity index (χ0n) is 15.8. The number of amides is 1. The van der Waals surface area contributed by atoms with Gasteiger partial charge in [0, 0.05) is 18.4 Å². The lowest BCUT2D eigenvalue weighted by Gasteiger charge is -2.19. The van der Waals surface area contributed by atoms with E-state index in [9.17, 15) is 18.0 Å². The van der Waals surface area contributed by atoms with Gasteiger partial charge in [-0.05, 0) is 29.8 Å². The van der Waals surface area contributed by atoms with Crippen molar-refractivity contribution in [1.29, 1.82) is 0 Å². The normalized spacial score (nSPS) is 14.0. The van der Waals surface area contributed by atoms with E-state index in [1.54, 1.807) is 23.1 Å². The zero-order valence-corrected chi connectivity index (χ0v) is 16.6. The predicted octanol–water partition coefficient (Wildman–Crippen LogP) is 4.47. The van der Waals surface area contributed by atoms with Crippen molar-refractivity contribution in [3.05, 3.63) is 59.2 Å². The topological polar surface area (TPSA) is 51.1 Å². The Bertz CT molecular complexity index is 914. The lowest BCUT2D eigenvalue weighted by atomic mass is 10.1. The van der Waals surface area contributed by atoms with E-state index in [0.29, 0.717) is 46.6 Å². The summed E-state index contributed by atoms with van der Waals surface area (Å²) in [6, 6.07) is 9.92. The minimum Gasteiger partial charge on any atom is -0.497 e. The summed E-state index contributed by atoms with van der Waals surface area (Å²) in [5, 5.41) is 0.535. The van der Waals surface area contributed by atoms with E-state index in [4.69, 9.17) is 9.47 Å². The first-order valence-electron chi connectivity index (χ1n) is 8.70. The van der Waals surface area contributed by atoms with Crippen molar-refractivity contribution in [1.82, 2.24) is 4.90 Å². The number of amidine groups is 1. The van der Waals surface area contributed by atoms with Gasteiger partial charge in [-0.15, -0.1) is 0 Å². The summed E-state index contributed by atoms with van der Waals surface area (Å²) in [4.78, 5) is 18.9. The Morgan fingerprint density at radius 3 is 2.48 bits per heavy atom. The fourth-order valence-electron chi connectivity index (χ4n) is 2.80. The van der Waals surface area contributed by atoms with E-state index in [2.05, 4.69) is 4.99 Å². The molecule has 5 nitrogen and oxygen atoms in total. The molecule has 2 aromatic rings. The smallest absolute Gasteiger partial charge is 0.416 e. The Kier molecular flexibility index (Phi) is 6.36. The van der Waals surface area contributed by atoms with Gasteiger partial charge >= 0.3 is 6.18 Å². The molecule has 0 atom stereocenters. The highest BCUT2D eigenvalue weighted by Gasteiger charge is 2.30. The Hall–Kier alpha value is -2.68. The van der Waals surface area contributed by atoms with Crippen molar-refractivity contribution < 1.29 is 27.4 Å². The van der Waals surface area contributed by atoms with Gasteiger partial charge in [0.1, 0.15) is 11.5 Å². The third-order valence-electron chi connectivity index (χ3n) is 4.34. The average molecular weight is 424 g/mol. The molecule has 0 saturated heterocycles. The fourth-order valence-corrected chi connectivity index (χ4v) is 3.80. The van der Waals surface area contributed by atoms with Gasteiger partial charge in [-0.2, -0.15) is 13.2 Å². The van der Waals surface area contributed by atoms with Crippen LogP contribution >= 0.6 is 11.8 Å². The van der Waals surface area contributed by atoms with Gasteiger partial charge in [0.25, 0.3) is 5.91 Å². The second kappa shape index (κ2) is 8.77. The highest BCUT2D eigenvalue weighted by atomic mass is 32.2. The maximum absolute atomic E-state index is 13.0. The number of rotatable bonds is 5. The molecule has 0 aromatic heterocycles. The second-order valence-electron chi connectivity index (χ2n) is 6.17. The maximum Gasteiger partial charge on any atom is 0.416 e. The highest BCUT2D eigenvalue weighted by Crippen LogP contribution is 2.31. The Morgan fingerprint density at radius 1 is 1.14 bits per heavy atom. The largest absolute Gasteiger partial charge is 0.497 e. The molecular weight excluding hydrogens is 405 g/mol. The van der Waals surface area contributed by atoms with E-state index in [1.807, 2.05) is 0 Å². The van der Waals surface area contributed by atoms with Crippen LogP contribution in [0.5, 0.6) is 11.5 Å². The van der Waals surface area contributed by atoms with Crippen LogP contribution in [0.25, 0.3) is 0 Å². The molecule has 3 rings (SSSR count). The number of thioether (sulfide) groups is 1. The molecule has 0 N–H and O–H groups in total. The molecule has 1 aliphatic rings. The summed E-state index contributed by atoms with van der Waals surface area (Å²) in [5.41, 5.74) is 0.415. The second-order valence-corrected chi connectivity index (χ2v) is 7.11. The van der Waals surface area contributed by atoms with Crippen LogP contribution in [-0.4, -0.2) is 43.3 Å². The van der Waals surface area contributed by atoms with Crippen molar-refractivity contribution in [2.24, 2.45) is 4.99 Å². The number of hydrogen-bond donors (Lipinski definition) is 0. The molecule has 1 aliphatic heterocycles. The molecular formula is C20H19F3N2O3S. The van der Waals surface area contributed by atoms with Crippen molar-refractivity contribution >= 4 is 22.8 Å². The number of carbonyl (C=O) groups is 1. The third kappa shape index (κ3) is 4.84. The number of benzene rings is 2. The van der Waals surface area contributed by atoms with Crippen LogP contribution < -0.4 is 9.47 Å². The van der Waals surface area contributed by atoms with Crippen molar-refractivity contribution in [3.8, 4) is 11.5 Å². The Labute approximate surface area is 170 Å². The molecule has 2 aromatic carbocycles. The molecule has 0 aliphatic carbocycles. The predicted molar refractivity (Wildman–Crippen MR) is 106 cm³/mol. The van der Waals surface area contributed by atoms with E-state index in [1.165, 1.54) is 38.1 Å². The molecule has 154 valence electrons. The quantitative estimate of drug-likeness (QED) is 0.711. The summed E-state index contributed by atoms with van der Waals surface area (Å²) in [6.45, 7) is 0.906. The average Bonchev–Trinajstić information content (AvgIpc) is 3.19. The first-order valence-corrected chi connectivity index (χ1v) is 9.69. The third-order valence-corrected chi connectivity index (χ3v) is 5.42. The van der Waals surface area contributed by atoms with Gasteiger partial charge in [0.05, 0.1) is 31.9 Å². The molecule has 0 fully saturated rings. The molecule has 1 heterocycles. The lowest BCUT2D eigenvalue weighted by molar-refractivity contribution is -0.137. The van der Waals surface area contributed by atoms with Gasteiger partial charge < -0.3 is 9.47 Å². The van der Waals surface area contributed by atoms with E-state index in [-0.39, 0.29) is 5.91 Å². The molecule has 9 heteroatoms. The summed E-state index contributed by atoms with van der Waals surface area (Å²) in [6.07, 6.45) is -4.36. The first kappa shape index (κ1) is 21.0. The fraction of sp³-hybridized carbons (Fsp3) is 0.300. The van der Waals surface area contributed by atoms with Crippen molar-refractivity contribution in [2.75, 3.05) is 27.3 Å². The maximum atomic E-state index is 13.0. The van der Waals surface area contributed by atoms with Crippen LogP contribution in [-0.2, 0) is 11.9 Å². The number of nitrogens with zero attached hydrogens (tertiary/aromatic N) is 2. The molecule has 0 unspecified atom stereocenters. The van der Waals surface area contributed by atoms with E-state index in [0.717, 1.165) is 12.1 Å². The minimum absolute atomic E-state index is 0.249. The number of alkyl halides is 3. The standard InChI is InChI=1S/C20H19F3N2O3S/c1-27-15-7-8-16(17(11-15)28-2)18(26)25-10-9-24-19(25)29-12-13-3-5-14(6-4-13)20(21,22)23/h3-8,11H,9-10,12H2,1-2H3. The van der Waals surface area contributed by atoms with E-state index < -0.39 is 11.7 Å². The van der Waals surface area contributed by atoms with Crippen molar-refractivity contribution in [3.63, 3.8) is 0 Å². The van der Waals surface area contributed by atoms with Gasteiger partial charge in [-0.25, -0.2) is 0 Å². The van der Waals surface area contributed by atoms with Gasteiger partial charge in [0.2, 0.25) is 0 Å². The zero-order chi connectivity index (χ0) is 21.0. The summed E-state index contributed by atoms with van der Waals surface area (Å²) < 4.78 is 48.5. The Morgan fingerprint density at radius 2 is 1.86 bits per heavy atom. The van der Waals surface area contributed by atoms with Crippen LogP contribution in [0.3, 0.4) is 0 Å². The number of aliphatic imine (C=N–C) groups is 1. The summed E-state index contributed by atoms with van der Waals surface area (Å²) >= 11 is 1.31. The van der Waals surface area contributed by atoms with E-state index >= 15 is 0 Å². The Balaban J connectivity index is 1.69. The van der Waals surface area contributed by atoms with Crippen LogP contribution in [0.15, 0.2) is 47.5 Å². The molecule has 0 bridgehead atoms. The van der Waals surface area contributed by atoms with Crippen LogP contribution in [0, 0.1) is 0 Å². The minimum atomic E-state index is -4.36. The summed E-state index contributed by atoms with van der Waals surface area (Å²) in [5.74, 6) is 1.12. The molecule has 0 spiro atoms. The number of halogens is 3. The number of carbonyl (C=O) groups excluding carboxylic acids is 1. The first-order chi connectivity index (χ1) is 13.8. The van der Waals surface area contributed by atoms with Gasteiger partial charge in [-0.1, -0.05) is 23.9 Å². The number of ether oxygens (including phenoxy) is 2. The molecule has 29 heavy (non-hydrogen) atoms. The summed E-state index contributed by atoms with van der Waals surface area (Å²) in [7, 11) is 3.00. The van der Waals surface area contributed by atoms with Gasteiger partial charge in [0.15, 0.2) is 5.17 Å². The number of methoxy groups -OCH3 is 2. The van der Waals surface area contributed by atoms with Crippen LogP contribution in [0.1, 0.15) is 21.5 Å². The SMILES string of the molecule is COc1ccc(C(=O)N2CCN=C2SCc2ccc(C(F)(F)F)cc2)c(OC)c1. The monoisotopic (exact) mass is 424 g/mol. The lowest BCUT2D eigenvalue weighted by Crippen LogP contribution is -2.33. The van der Waals surface area contributed by atoms with Crippen LogP contribution in [0.4, 0.5) is 13.2 Å². The molecule has 0 radical (unpaired) electrons. The van der Waals surface area contributed by atoms with Crippen molar-refractivity contribution in [2.45, 2.75) is 11.9 Å². The van der Waals surface area contributed by atoms with Gasteiger partial charge in [-0.3, -0.25) is 14.7 Å². The highest BCUT2D eigenvalue weighted by molar-refractivity contribution is 8.13. The van der Waals surface area contributed by atoms with Crippen LogP contribution in [0.2, 0.25) is 0 Å². The number of hydrogen-bond acceptors (Lipinski definition) is 5. The molecule has 0 saturated carbocycles.